The highest BCUT2D eigenvalue weighted by Gasteiger charge is 2.27. The highest BCUT2D eigenvalue weighted by atomic mass is 79.9. The number of hydrogen-bond donors (Lipinski definition) is 2. The van der Waals surface area contributed by atoms with Crippen molar-refractivity contribution in [3.05, 3.63) is 27.4 Å². The van der Waals surface area contributed by atoms with Crippen LogP contribution >= 0.6 is 39.9 Å². The lowest BCUT2D eigenvalue weighted by Crippen LogP contribution is -2.46. The van der Waals surface area contributed by atoms with Crippen LogP contribution in [0.4, 0.5) is 4.39 Å². The summed E-state index contributed by atoms with van der Waals surface area (Å²) in [6.45, 7) is 2.72. The molecule has 1 aromatic rings. The maximum absolute atomic E-state index is 13.8. The van der Waals surface area contributed by atoms with Gasteiger partial charge in [-0.15, -0.1) is 12.4 Å². The van der Waals surface area contributed by atoms with Gasteiger partial charge in [0.05, 0.1) is 5.02 Å². The molecule has 1 saturated heterocycles. The fourth-order valence-electron chi connectivity index (χ4n) is 2.23. The Morgan fingerprint density at radius 1 is 1.48 bits per heavy atom. The molecular weight excluding hydrogens is 406 g/mol. The molecule has 4 nitrogen and oxygen atoms in total. The SMILES string of the molecule is CC1CC(NS(=O)(=O)c2cc(Cl)c(Br)cc2F)CCN1.Cl. The van der Waals surface area contributed by atoms with E-state index in [1.165, 1.54) is 0 Å². The van der Waals surface area contributed by atoms with Crippen LogP contribution in [0, 0.1) is 5.82 Å². The number of sulfonamides is 1. The van der Waals surface area contributed by atoms with Gasteiger partial charge in [-0.3, -0.25) is 0 Å². The van der Waals surface area contributed by atoms with E-state index in [9.17, 15) is 12.8 Å². The summed E-state index contributed by atoms with van der Waals surface area (Å²) in [5.41, 5.74) is 0. The molecule has 9 heteroatoms. The van der Waals surface area contributed by atoms with Crippen LogP contribution in [0.2, 0.25) is 5.02 Å². The van der Waals surface area contributed by atoms with Crippen molar-refractivity contribution in [2.75, 3.05) is 6.54 Å². The van der Waals surface area contributed by atoms with Crippen molar-refractivity contribution in [2.24, 2.45) is 0 Å². The number of rotatable bonds is 3. The first-order valence-electron chi connectivity index (χ1n) is 6.20. The molecule has 1 fully saturated rings. The van der Waals surface area contributed by atoms with Gasteiger partial charge >= 0.3 is 0 Å². The third kappa shape index (κ3) is 4.77. The Balaban J connectivity index is 0.00000220. The van der Waals surface area contributed by atoms with Crippen LogP contribution < -0.4 is 10.0 Å². The number of hydrogen-bond acceptors (Lipinski definition) is 3. The molecule has 120 valence electrons. The van der Waals surface area contributed by atoms with E-state index in [1.807, 2.05) is 6.92 Å². The van der Waals surface area contributed by atoms with Gasteiger partial charge in [0.15, 0.2) is 0 Å². The zero-order valence-corrected chi connectivity index (χ0v) is 15.2. The van der Waals surface area contributed by atoms with Gasteiger partial charge in [0.2, 0.25) is 10.0 Å². The lowest BCUT2D eigenvalue weighted by atomic mass is 10.0. The number of piperidine rings is 1. The largest absolute Gasteiger partial charge is 0.314 e. The summed E-state index contributed by atoms with van der Waals surface area (Å²) in [7, 11) is -3.91. The Bertz CT molecular complexity index is 616. The van der Waals surface area contributed by atoms with E-state index in [0.717, 1.165) is 18.7 Å². The third-order valence-electron chi connectivity index (χ3n) is 3.21. The Hall–Kier alpha value is 0.0800. The summed E-state index contributed by atoms with van der Waals surface area (Å²) in [4.78, 5) is -0.420. The zero-order valence-electron chi connectivity index (χ0n) is 11.2. The zero-order chi connectivity index (χ0) is 14.9. The lowest BCUT2D eigenvalue weighted by molar-refractivity contribution is 0.361. The minimum absolute atomic E-state index is 0. The normalized spacial score (nSPS) is 22.7. The molecule has 1 aliphatic heterocycles. The molecule has 0 aliphatic carbocycles. The summed E-state index contributed by atoms with van der Waals surface area (Å²) in [5, 5.41) is 3.39. The third-order valence-corrected chi connectivity index (χ3v) is 5.94. The summed E-state index contributed by atoms with van der Waals surface area (Å²) < 4.78 is 41.2. The van der Waals surface area contributed by atoms with Crippen molar-refractivity contribution in [3.63, 3.8) is 0 Å². The molecule has 0 amide bonds. The van der Waals surface area contributed by atoms with Gasteiger partial charge in [-0.2, -0.15) is 0 Å². The average Bonchev–Trinajstić information content (AvgIpc) is 2.33. The summed E-state index contributed by atoms with van der Waals surface area (Å²) in [6, 6.07) is 2.21. The second kappa shape index (κ2) is 7.57. The average molecular weight is 422 g/mol. The van der Waals surface area contributed by atoms with Crippen molar-refractivity contribution in [2.45, 2.75) is 36.7 Å². The van der Waals surface area contributed by atoms with Crippen LogP contribution in [0.1, 0.15) is 19.8 Å². The Kier molecular flexibility index (Phi) is 6.89. The molecule has 0 aromatic heterocycles. The second-order valence-corrected chi connectivity index (χ2v) is 7.84. The molecule has 0 radical (unpaired) electrons. The van der Waals surface area contributed by atoms with Crippen molar-refractivity contribution in [3.8, 4) is 0 Å². The van der Waals surface area contributed by atoms with E-state index < -0.39 is 20.7 Å². The topological polar surface area (TPSA) is 58.2 Å². The van der Waals surface area contributed by atoms with Crippen LogP contribution in [0.5, 0.6) is 0 Å². The number of benzene rings is 1. The first kappa shape index (κ1) is 19.1. The van der Waals surface area contributed by atoms with Crippen molar-refractivity contribution >= 4 is 50.0 Å². The van der Waals surface area contributed by atoms with Gasteiger partial charge in [-0.05, 0) is 54.4 Å². The van der Waals surface area contributed by atoms with Crippen molar-refractivity contribution in [1.82, 2.24) is 10.0 Å². The quantitative estimate of drug-likeness (QED) is 0.737. The predicted octanol–water partition coefficient (Wildman–Crippen LogP) is 3.08. The van der Waals surface area contributed by atoms with Gasteiger partial charge in [-0.1, -0.05) is 11.6 Å². The molecule has 2 rings (SSSR count). The van der Waals surface area contributed by atoms with Gasteiger partial charge < -0.3 is 5.32 Å². The van der Waals surface area contributed by atoms with E-state index in [-0.39, 0.29) is 29.5 Å². The van der Waals surface area contributed by atoms with Crippen molar-refractivity contribution in [1.29, 1.82) is 0 Å². The van der Waals surface area contributed by atoms with E-state index in [2.05, 4.69) is 26.0 Å². The Labute approximate surface area is 143 Å². The van der Waals surface area contributed by atoms with Gasteiger partial charge in [0.25, 0.3) is 0 Å². The molecule has 21 heavy (non-hydrogen) atoms. The molecule has 2 atom stereocenters. The van der Waals surface area contributed by atoms with Crippen LogP contribution in [0.15, 0.2) is 21.5 Å². The Morgan fingerprint density at radius 3 is 2.76 bits per heavy atom. The van der Waals surface area contributed by atoms with E-state index in [1.54, 1.807) is 0 Å². The Morgan fingerprint density at radius 2 is 2.14 bits per heavy atom. The molecule has 0 spiro atoms. The molecule has 0 bridgehead atoms. The van der Waals surface area contributed by atoms with Crippen LogP contribution in [0.3, 0.4) is 0 Å². The maximum atomic E-state index is 13.8. The first-order valence-corrected chi connectivity index (χ1v) is 8.85. The summed E-state index contributed by atoms with van der Waals surface area (Å²) >= 11 is 8.90. The fraction of sp³-hybridized carbons (Fsp3) is 0.500. The summed E-state index contributed by atoms with van der Waals surface area (Å²) in [6.07, 6.45) is 1.35. The highest BCUT2D eigenvalue weighted by Crippen LogP contribution is 2.28. The van der Waals surface area contributed by atoms with Crippen LogP contribution in [0.25, 0.3) is 0 Å². The standard InChI is InChI=1S/C12H15BrClFN2O2S.ClH/c1-7-4-8(2-3-16-7)17-20(18,19)12-6-10(14)9(13)5-11(12)15;/h5-8,16-17H,2-4H2,1H3;1H. The molecule has 0 saturated carbocycles. The van der Waals surface area contributed by atoms with Gasteiger partial charge in [0, 0.05) is 16.6 Å². The van der Waals surface area contributed by atoms with E-state index >= 15 is 0 Å². The van der Waals surface area contributed by atoms with Crippen LogP contribution in [-0.4, -0.2) is 27.0 Å². The molecule has 2 unspecified atom stereocenters. The van der Waals surface area contributed by atoms with Gasteiger partial charge in [-0.25, -0.2) is 17.5 Å². The fourth-order valence-corrected chi connectivity index (χ4v) is 4.14. The molecule has 2 N–H and O–H groups in total. The van der Waals surface area contributed by atoms with E-state index in [4.69, 9.17) is 11.6 Å². The predicted molar refractivity (Wildman–Crippen MR) is 87.2 cm³/mol. The minimum Gasteiger partial charge on any atom is -0.314 e. The van der Waals surface area contributed by atoms with Gasteiger partial charge in [0.1, 0.15) is 10.7 Å². The molecule has 1 aliphatic rings. The minimum atomic E-state index is -3.91. The highest BCUT2D eigenvalue weighted by molar-refractivity contribution is 9.10. The van der Waals surface area contributed by atoms with Crippen LogP contribution in [-0.2, 0) is 10.0 Å². The molecule has 1 heterocycles. The molecule has 1 aromatic carbocycles. The maximum Gasteiger partial charge on any atom is 0.243 e. The number of nitrogens with one attached hydrogen (secondary N) is 2. The van der Waals surface area contributed by atoms with E-state index in [0.29, 0.717) is 17.3 Å². The number of halogens is 4. The lowest BCUT2D eigenvalue weighted by Gasteiger charge is -2.28. The monoisotopic (exact) mass is 420 g/mol. The first-order chi connectivity index (χ1) is 9.29. The smallest absolute Gasteiger partial charge is 0.243 e. The molecular formula is C12H16BrCl2FN2O2S. The second-order valence-electron chi connectivity index (χ2n) is 4.89. The summed E-state index contributed by atoms with van der Waals surface area (Å²) in [5.74, 6) is -0.823. The van der Waals surface area contributed by atoms with Crippen molar-refractivity contribution < 1.29 is 12.8 Å².